The maximum Gasteiger partial charge on any atom is 0.0503 e. The van der Waals surface area contributed by atoms with Crippen LogP contribution in [0.15, 0.2) is 0 Å². The molecule has 1 aliphatic heterocycles. The van der Waals surface area contributed by atoms with Gasteiger partial charge in [-0.25, -0.2) is 0 Å². The topological polar surface area (TPSA) is 12.5 Å². The molecular weight excluding hydrogens is 174 g/mol. The molecule has 0 bridgehead atoms. The number of ether oxygens (including phenoxy) is 1. The van der Waals surface area contributed by atoms with Crippen LogP contribution in [0.2, 0.25) is 0 Å². The van der Waals surface area contributed by atoms with E-state index in [1.165, 1.54) is 25.9 Å². The summed E-state index contributed by atoms with van der Waals surface area (Å²) >= 11 is 0. The Kier molecular flexibility index (Phi) is 5.49. The van der Waals surface area contributed by atoms with Crippen molar-refractivity contribution >= 4 is 0 Å². The van der Waals surface area contributed by atoms with E-state index in [1.54, 1.807) is 0 Å². The zero-order valence-electron chi connectivity index (χ0n) is 9.96. The standard InChI is InChI=1S/C12H25NO/c1-4-8-14-10-11(2)9-13-7-5-6-12(13)3/h11-12H,4-10H2,1-3H3/t11?,12-/m1/s1. The lowest BCUT2D eigenvalue weighted by Gasteiger charge is -2.24. The molecule has 2 nitrogen and oxygen atoms in total. The predicted molar refractivity (Wildman–Crippen MR) is 60.5 cm³/mol. The van der Waals surface area contributed by atoms with Crippen LogP contribution < -0.4 is 0 Å². The molecule has 0 saturated carbocycles. The highest BCUT2D eigenvalue weighted by molar-refractivity contribution is 4.76. The largest absolute Gasteiger partial charge is 0.381 e. The van der Waals surface area contributed by atoms with E-state index < -0.39 is 0 Å². The monoisotopic (exact) mass is 199 g/mol. The number of hydrogen-bond acceptors (Lipinski definition) is 2. The van der Waals surface area contributed by atoms with E-state index in [9.17, 15) is 0 Å². The second kappa shape index (κ2) is 6.41. The summed E-state index contributed by atoms with van der Waals surface area (Å²) in [7, 11) is 0. The highest BCUT2D eigenvalue weighted by Gasteiger charge is 2.21. The molecule has 84 valence electrons. The van der Waals surface area contributed by atoms with Gasteiger partial charge < -0.3 is 9.64 Å². The van der Waals surface area contributed by atoms with Gasteiger partial charge in [-0.2, -0.15) is 0 Å². The number of likely N-dealkylation sites (tertiary alicyclic amines) is 1. The summed E-state index contributed by atoms with van der Waals surface area (Å²) in [6.07, 6.45) is 3.89. The summed E-state index contributed by atoms with van der Waals surface area (Å²) in [5.41, 5.74) is 0. The van der Waals surface area contributed by atoms with Gasteiger partial charge in [-0.1, -0.05) is 13.8 Å². The molecule has 14 heavy (non-hydrogen) atoms. The van der Waals surface area contributed by atoms with Crippen molar-refractivity contribution in [2.45, 2.75) is 46.1 Å². The zero-order valence-corrected chi connectivity index (χ0v) is 9.96. The SMILES string of the molecule is CCCOCC(C)CN1CCC[C@H]1C. The number of nitrogens with zero attached hydrogens (tertiary/aromatic N) is 1. The Hall–Kier alpha value is -0.0800. The smallest absolute Gasteiger partial charge is 0.0503 e. The van der Waals surface area contributed by atoms with Gasteiger partial charge in [0, 0.05) is 19.2 Å². The van der Waals surface area contributed by atoms with E-state index in [-0.39, 0.29) is 0 Å². The van der Waals surface area contributed by atoms with Crippen molar-refractivity contribution in [3.63, 3.8) is 0 Å². The van der Waals surface area contributed by atoms with Crippen LogP contribution in [-0.2, 0) is 4.74 Å². The van der Waals surface area contributed by atoms with Crippen molar-refractivity contribution in [3.8, 4) is 0 Å². The highest BCUT2D eigenvalue weighted by Crippen LogP contribution is 2.17. The van der Waals surface area contributed by atoms with Crippen molar-refractivity contribution in [2.75, 3.05) is 26.3 Å². The molecule has 1 rings (SSSR count). The third-order valence-corrected chi connectivity index (χ3v) is 2.99. The molecule has 1 saturated heterocycles. The molecule has 0 spiro atoms. The Morgan fingerprint density at radius 2 is 2.29 bits per heavy atom. The first kappa shape index (κ1) is 12.0. The summed E-state index contributed by atoms with van der Waals surface area (Å²) in [5, 5.41) is 0. The summed E-state index contributed by atoms with van der Waals surface area (Å²) in [4.78, 5) is 2.60. The highest BCUT2D eigenvalue weighted by atomic mass is 16.5. The predicted octanol–water partition coefficient (Wildman–Crippen LogP) is 2.53. The van der Waals surface area contributed by atoms with Gasteiger partial charge in [0.2, 0.25) is 0 Å². The molecule has 2 heteroatoms. The lowest BCUT2D eigenvalue weighted by molar-refractivity contribution is 0.0867. The van der Waals surface area contributed by atoms with E-state index in [2.05, 4.69) is 25.7 Å². The van der Waals surface area contributed by atoms with Crippen LogP contribution in [0.1, 0.15) is 40.0 Å². The van der Waals surface area contributed by atoms with Crippen LogP contribution in [0.25, 0.3) is 0 Å². The van der Waals surface area contributed by atoms with Gasteiger partial charge in [0.05, 0.1) is 6.61 Å². The van der Waals surface area contributed by atoms with Crippen molar-refractivity contribution in [2.24, 2.45) is 5.92 Å². The Morgan fingerprint density at radius 3 is 2.86 bits per heavy atom. The fourth-order valence-corrected chi connectivity index (χ4v) is 2.15. The fourth-order valence-electron chi connectivity index (χ4n) is 2.15. The van der Waals surface area contributed by atoms with Crippen molar-refractivity contribution in [1.82, 2.24) is 4.90 Å². The summed E-state index contributed by atoms with van der Waals surface area (Å²) in [6, 6.07) is 0.795. The minimum absolute atomic E-state index is 0.682. The first-order valence-corrected chi connectivity index (χ1v) is 6.05. The first-order valence-electron chi connectivity index (χ1n) is 6.05. The van der Waals surface area contributed by atoms with Gasteiger partial charge in [0.1, 0.15) is 0 Å². The lowest BCUT2D eigenvalue weighted by atomic mass is 10.1. The molecule has 1 heterocycles. The lowest BCUT2D eigenvalue weighted by Crippen LogP contribution is -2.32. The van der Waals surface area contributed by atoms with Crippen LogP contribution >= 0.6 is 0 Å². The van der Waals surface area contributed by atoms with Crippen LogP contribution in [0, 0.1) is 5.92 Å². The van der Waals surface area contributed by atoms with Gasteiger partial charge in [0.25, 0.3) is 0 Å². The molecule has 0 amide bonds. The summed E-state index contributed by atoms with van der Waals surface area (Å²) in [6.45, 7) is 11.1. The molecule has 1 unspecified atom stereocenters. The molecule has 0 radical (unpaired) electrons. The van der Waals surface area contributed by atoms with Crippen LogP contribution in [0.3, 0.4) is 0 Å². The van der Waals surface area contributed by atoms with Crippen molar-refractivity contribution in [3.05, 3.63) is 0 Å². The van der Waals surface area contributed by atoms with E-state index in [0.717, 1.165) is 25.7 Å². The van der Waals surface area contributed by atoms with Crippen molar-refractivity contribution < 1.29 is 4.74 Å². The second-order valence-electron chi connectivity index (χ2n) is 4.67. The fraction of sp³-hybridized carbons (Fsp3) is 1.00. The van der Waals surface area contributed by atoms with E-state index in [0.29, 0.717) is 5.92 Å². The molecule has 0 aromatic rings. The Bertz CT molecular complexity index is 149. The molecule has 0 aromatic heterocycles. The Labute approximate surface area is 88.6 Å². The average molecular weight is 199 g/mol. The van der Waals surface area contributed by atoms with Gasteiger partial charge in [-0.05, 0) is 38.6 Å². The van der Waals surface area contributed by atoms with E-state index in [1.807, 2.05) is 0 Å². The molecule has 1 aliphatic rings. The normalized spacial score (nSPS) is 25.5. The zero-order chi connectivity index (χ0) is 10.4. The van der Waals surface area contributed by atoms with E-state index >= 15 is 0 Å². The minimum Gasteiger partial charge on any atom is -0.381 e. The Balaban J connectivity index is 2.09. The third kappa shape index (κ3) is 3.97. The second-order valence-corrected chi connectivity index (χ2v) is 4.67. The number of rotatable bonds is 6. The molecular formula is C12H25NO. The molecule has 0 aliphatic carbocycles. The van der Waals surface area contributed by atoms with Gasteiger partial charge in [0.15, 0.2) is 0 Å². The minimum atomic E-state index is 0.682. The first-order chi connectivity index (χ1) is 6.74. The summed E-state index contributed by atoms with van der Waals surface area (Å²) < 4.78 is 5.56. The van der Waals surface area contributed by atoms with Crippen LogP contribution in [-0.4, -0.2) is 37.2 Å². The average Bonchev–Trinajstić information content (AvgIpc) is 2.52. The maximum absolute atomic E-state index is 5.56. The van der Waals surface area contributed by atoms with Crippen LogP contribution in [0.4, 0.5) is 0 Å². The van der Waals surface area contributed by atoms with Crippen molar-refractivity contribution in [1.29, 1.82) is 0 Å². The maximum atomic E-state index is 5.56. The number of hydrogen-bond donors (Lipinski definition) is 0. The Morgan fingerprint density at radius 1 is 1.50 bits per heavy atom. The van der Waals surface area contributed by atoms with E-state index in [4.69, 9.17) is 4.74 Å². The third-order valence-electron chi connectivity index (χ3n) is 2.99. The van der Waals surface area contributed by atoms with Gasteiger partial charge in [-0.3, -0.25) is 0 Å². The molecule has 0 aromatic carbocycles. The van der Waals surface area contributed by atoms with Gasteiger partial charge >= 0.3 is 0 Å². The molecule has 2 atom stereocenters. The quantitative estimate of drug-likeness (QED) is 0.610. The van der Waals surface area contributed by atoms with Gasteiger partial charge in [-0.15, -0.1) is 0 Å². The molecule has 0 N–H and O–H groups in total. The van der Waals surface area contributed by atoms with Crippen LogP contribution in [0.5, 0.6) is 0 Å². The molecule has 1 fully saturated rings. The summed E-state index contributed by atoms with van der Waals surface area (Å²) in [5.74, 6) is 0.682.